The van der Waals surface area contributed by atoms with E-state index in [1.165, 1.54) is 5.56 Å². The molecule has 0 unspecified atom stereocenters. The second-order valence-electron chi connectivity index (χ2n) is 5.41. The molecule has 1 aromatic carbocycles. The molecule has 2 nitrogen and oxygen atoms in total. The van der Waals surface area contributed by atoms with Gasteiger partial charge >= 0.3 is 0 Å². The molecule has 94 valence electrons. The third-order valence-electron chi connectivity index (χ3n) is 2.82. The lowest BCUT2D eigenvalue weighted by atomic mass is 9.86. The summed E-state index contributed by atoms with van der Waals surface area (Å²) >= 11 is 0. The summed E-state index contributed by atoms with van der Waals surface area (Å²) in [6, 6.07) is 6.16. The summed E-state index contributed by atoms with van der Waals surface area (Å²) in [5, 5.41) is 0. The van der Waals surface area contributed by atoms with E-state index in [2.05, 4.69) is 32.9 Å². The molecule has 0 aliphatic heterocycles. The van der Waals surface area contributed by atoms with E-state index in [0.717, 1.165) is 11.3 Å². The maximum atomic E-state index is 11.2. The number of benzene rings is 1. The lowest BCUT2D eigenvalue weighted by Crippen LogP contribution is -2.13. The number of rotatable bonds is 4. The first-order chi connectivity index (χ1) is 7.84. The molecule has 0 aliphatic carbocycles. The summed E-state index contributed by atoms with van der Waals surface area (Å²) < 4.78 is 5.51. The van der Waals surface area contributed by atoms with Gasteiger partial charge in [-0.25, -0.2) is 0 Å². The molecule has 1 rings (SSSR count). The molecule has 0 bridgehead atoms. The van der Waals surface area contributed by atoms with Gasteiger partial charge in [0, 0.05) is 6.42 Å². The Hall–Kier alpha value is -1.31. The quantitative estimate of drug-likeness (QED) is 0.795. The zero-order valence-corrected chi connectivity index (χ0v) is 11.5. The fourth-order valence-electron chi connectivity index (χ4n) is 1.54. The van der Waals surface area contributed by atoms with E-state index >= 15 is 0 Å². The average Bonchev–Trinajstić information content (AvgIpc) is 2.25. The summed E-state index contributed by atoms with van der Waals surface area (Å²) in [5.41, 5.74) is 2.51. The van der Waals surface area contributed by atoms with Gasteiger partial charge in [0.25, 0.3) is 0 Å². The predicted octanol–water partition coefficient (Wildman–Crippen LogP) is 3.65. The van der Waals surface area contributed by atoms with Gasteiger partial charge in [0.15, 0.2) is 5.78 Å². The Bertz CT molecular complexity index is 400. The minimum Gasteiger partial charge on any atom is -0.486 e. The molecule has 0 atom stereocenters. The Labute approximate surface area is 104 Å². The van der Waals surface area contributed by atoms with Crippen LogP contribution in [0.1, 0.15) is 45.2 Å². The molecule has 0 radical (unpaired) electrons. The monoisotopic (exact) mass is 234 g/mol. The van der Waals surface area contributed by atoms with Gasteiger partial charge in [0.2, 0.25) is 0 Å². The van der Waals surface area contributed by atoms with Crippen molar-refractivity contribution in [1.82, 2.24) is 0 Å². The zero-order valence-electron chi connectivity index (χ0n) is 11.5. The highest BCUT2D eigenvalue weighted by Gasteiger charge is 2.14. The van der Waals surface area contributed by atoms with Gasteiger partial charge in [-0.3, -0.25) is 4.79 Å². The van der Waals surface area contributed by atoms with E-state index in [1.807, 2.05) is 19.9 Å². The number of hydrogen-bond acceptors (Lipinski definition) is 2. The second kappa shape index (κ2) is 5.35. The van der Waals surface area contributed by atoms with E-state index in [4.69, 9.17) is 4.74 Å². The molecule has 0 saturated heterocycles. The first kappa shape index (κ1) is 13.8. The zero-order chi connectivity index (χ0) is 13.1. The Kier molecular flexibility index (Phi) is 4.33. The molecule has 0 spiro atoms. The van der Waals surface area contributed by atoms with Crippen molar-refractivity contribution < 1.29 is 9.53 Å². The van der Waals surface area contributed by atoms with E-state index in [1.54, 1.807) is 0 Å². The van der Waals surface area contributed by atoms with Gasteiger partial charge in [-0.1, -0.05) is 39.8 Å². The maximum absolute atomic E-state index is 11.2. The molecule has 0 fully saturated rings. The van der Waals surface area contributed by atoms with Crippen molar-refractivity contribution in [3.05, 3.63) is 29.3 Å². The average molecular weight is 234 g/mol. The van der Waals surface area contributed by atoms with Crippen molar-refractivity contribution in [2.24, 2.45) is 0 Å². The predicted molar refractivity (Wildman–Crippen MR) is 70.7 cm³/mol. The minimum atomic E-state index is 0.129. The fourth-order valence-corrected chi connectivity index (χ4v) is 1.54. The van der Waals surface area contributed by atoms with E-state index in [-0.39, 0.29) is 17.8 Å². The van der Waals surface area contributed by atoms with Crippen molar-refractivity contribution in [2.75, 3.05) is 6.61 Å². The van der Waals surface area contributed by atoms with Gasteiger partial charge < -0.3 is 4.74 Å². The second-order valence-corrected chi connectivity index (χ2v) is 5.41. The SMILES string of the molecule is CCC(=O)COc1ccc(C(C)(C)C)cc1C. The number of carbonyl (C=O) groups is 1. The molecule has 0 N–H and O–H groups in total. The summed E-state index contributed by atoms with van der Waals surface area (Å²) in [4.78, 5) is 11.2. The molecule has 0 amide bonds. The van der Waals surface area contributed by atoms with Crippen LogP contribution in [-0.2, 0) is 10.2 Å². The van der Waals surface area contributed by atoms with Gasteiger partial charge in [-0.05, 0) is 29.5 Å². The molecule has 0 aliphatic rings. The highest BCUT2D eigenvalue weighted by atomic mass is 16.5. The van der Waals surface area contributed by atoms with Crippen molar-refractivity contribution >= 4 is 5.78 Å². The van der Waals surface area contributed by atoms with Crippen molar-refractivity contribution in [3.8, 4) is 5.75 Å². The number of Topliss-reactive ketones (excluding diaryl/α,β-unsaturated/α-hetero) is 1. The number of ketones is 1. The molecular formula is C15H22O2. The summed E-state index contributed by atoms with van der Waals surface area (Å²) in [6.07, 6.45) is 0.527. The summed E-state index contributed by atoms with van der Waals surface area (Å²) in [5.74, 6) is 0.934. The first-order valence-corrected chi connectivity index (χ1v) is 6.10. The summed E-state index contributed by atoms with van der Waals surface area (Å²) in [7, 11) is 0. The van der Waals surface area contributed by atoms with Crippen LogP contribution in [0.3, 0.4) is 0 Å². The Morgan fingerprint density at radius 3 is 2.41 bits per heavy atom. The van der Waals surface area contributed by atoms with Gasteiger partial charge in [0.1, 0.15) is 12.4 Å². The highest BCUT2D eigenvalue weighted by Crippen LogP contribution is 2.27. The molecule has 2 heteroatoms. The van der Waals surface area contributed by atoms with Gasteiger partial charge in [0.05, 0.1) is 0 Å². The maximum Gasteiger partial charge on any atom is 0.169 e. The van der Waals surface area contributed by atoms with Crippen molar-refractivity contribution in [1.29, 1.82) is 0 Å². The number of aryl methyl sites for hydroxylation is 1. The van der Waals surface area contributed by atoms with Crippen LogP contribution < -0.4 is 4.74 Å². The Balaban J connectivity index is 2.80. The lowest BCUT2D eigenvalue weighted by Gasteiger charge is -2.20. The number of carbonyl (C=O) groups excluding carboxylic acids is 1. The normalized spacial score (nSPS) is 11.4. The van der Waals surface area contributed by atoms with Crippen LogP contribution in [0.2, 0.25) is 0 Å². The van der Waals surface area contributed by atoms with Gasteiger partial charge in [-0.2, -0.15) is 0 Å². The standard InChI is InChI=1S/C15H22O2/c1-6-13(16)10-17-14-8-7-12(9-11(14)2)15(3,4)5/h7-9H,6,10H2,1-5H3. The smallest absolute Gasteiger partial charge is 0.169 e. The van der Waals surface area contributed by atoms with Crippen LogP contribution in [0.5, 0.6) is 5.75 Å². The molecular weight excluding hydrogens is 212 g/mol. The third kappa shape index (κ3) is 3.88. The lowest BCUT2D eigenvalue weighted by molar-refractivity contribution is -0.120. The van der Waals surface area contributed by atoms with Crippen molar-refractivity contribution in [3.63, 3.8) is 0 Å². The van der Waals surface area contributed by atoms with Crippen LogP contribution in [0, 0.1) is 6.92 Å². The Morgan fingerprint density at radius 1 is 1.29 bits per heavy atom. The number of ether oxygens (including phenoxy) is 1. The Morgan fingerprint density at radius 2 is 1.94 bits per heavy atom. The van der Waals surface area contributed by atoms with E-state index in [9.17, 15) is 4.79 Å². The summed E-state index contributed by atoms with van der Waals surface area (Å²) in [6.45, 7) is 10.6. The molecule has 0 saturated carbocycles. The van der Waals surface area contributed by atoms with Crippen LogP contribution in [-0.4, -0.2) is 12.4 Å². The van der Waals surface area contributed by atoms with Gasteiger partial charge in [-0.15, -0.1) is 0 Å². The van der Waals surface area contributed by atoms with E-state index < -0.39 is 0 Å². The topological polar surface area (TPSA) is 26.3 Å². The molecule has 0 aromatic heterocycles. The fraction of sp³-hybridized carbons (Fsp3) is 0.533. The molecule has 1 aromatic rings. The third-order valence-corrected chi connectivity index (χ3v) is 2.82. The van der Waals surface area contributed by atoms with Crippen LogP contribution in [0.25, 0.3) is 0 Å². The van der Waals surface area contributed by atoms with Crippen molar-refractivity contribution in [2.45, 2.75) is 46.5 Å². The number of hydrogen-bond donors (Lipinski definition) is 0. The van der Waals surface area contributed by atoms with Crippen LogP contribution in [0.15, 0.2) is 18.2 Å². The molecule has 0 heterocycles. The first-order valence-electron chi connectivity index (χ1n) is 6.10. The largest absolute Gasteiger partial charge is 0.486 e. The molecule has 17 heavy (non-hydrogen) atoms. The minimum absolute atomic E-state index is 0.129. The van der Waals surface area contributed by atoms with Crippen LogP contribution in [0.4, 0.5) is 0 Å². The van der Waals surface area contributed by atoms with Crippen LogP contribution >= 0.6 is 0 Å². The van der Waals surface area contributed by atoms with E-state index in [0.29, 0.717) is 6.42 Å². The highest BCUT2D eigenvalue weighted by molar-refractivity contribution is 5.79.